The number of benzene rings is 1. The highest BCUT2D eigenvalue weighted by molar-refractivity contribution is 6.04. The number of hydrogen-bond acceptors (Lipinski definition) is 3. The van der Waals surface area contributed by atoms with Gasteiger partial charge in [-0.25, -0.2) is 4.39 Å². The maximum absolute atomic E-state index is 13.1. The summed E-state index contributed by atoms with van der Waals surface area (Å²) < 4.78 is 13.1. The van der Waals surface area contributed by atoms with Gasteiger partial charge in [0, 0.05) is 23.7 Å². The van der Waals surface area contributed by atoms with Crippen LogP contribution < -0.4 is 10.6 Å². The number of carbonyl (C=O) groups is 1. The second-order valence-electron chi connectivity index (χ2n) is 5.22. The first kappa shape index (κ1) is 12.2. The van der Waals surface area contributed by atoms with Crippen molar-refractivity contribution in [1.29, 1.82) is 0 Å². The summed E-state index contributed by atoms with van der Waals surface area (Å²) in [6, 6.07) is 6.65. The van der Waals surface area contributed by atoms with E-state index in [9.17, 15) is 9.18 Å². The molecule has 0 spiro atoms. The number of allylic oxidation sites excluding steroid dienone is 1. The zero-order chi connectivity index (χ0) is 13.2. The Morgan fingerprint density at radius 2 is 1.89 bits per heavy atom. The Balaban J connectivity index is 1.74. The van der Waals surface area contributed by atoms with Crippen LogP contribution in [0.5, 0.6) is 0 Å². The van der Waals surface area contributed by atoms with Gasteiger partial charge in [-0.1, -0.05) is 25.0 Å². The van der Waals surface area contributed by atoms with E-state index in [1.165, 1.54) is 31.1 Å². The summed E-state index contributed by atoms with van der Waals surface area (Å²) in [6.45, 7) is 0. The second kappa shape index (κ2) is 5.03. The topological polar surface area (TPSA) is 41.1 Å². The van der Waals surface area contributed by atoms with Crippen LogP contribution in [0.1, 0.15) is 36.0 Å². The molecule has 3 nitrogen and oxygen atoms in total. The molecule has 3 rings (SSSR count). The molecule has 1 saturated heterocycles. The number of halogens is 1. The largest absolute Gasteiger partial charge is 0.367 e. The van der Waals surface area contributed by atoms with E-state index in [0.717, 1.165) is 18.7 Å². The fourth-order valence-corrected chi connectivity index (χ4v) is 2.86. The number of rotatable bonds is 2. The number of hydrogen-bond donors (Lipinski definition) is 2. The molecule has 1 aliphatic heterocycles. The van der Waals surface area contributed by atoms with E-state index in [-0.39, 0.29) is 11.6 Å². The van der Waals surface area contributed by atoms with E-state index in [2.05, 4.69) is 10.6 Å². The Morgan fingerprint density at radius 3 is 2.53 bits per heavy atom. The molecule has 2 N–H and O–H groups in total. The Hall–Kier alpha value is -1.84. The van der Waals surface area contributed by atoms with E-state index in [1.807, 2.05) is 0 Å². The van der Waals surface area contributed by atoms with Crippen molar-refractivity contribution >= 4 is 5.78 Å². The molecule has 0 aromatic heterocycles. The van der Waals surface area contributed by atoms with Crippen LogP contribution in [0.25, 0.3) is 0 Å². The van der Waals surface area contributed by atoms with Crippen molar-refractivity contribution in [2.45, 2.75) is 37.8 Å². The zero-order valence-corrected chi connectivity index (χ0v) is 10.7. The summed E-state index contributed by atoms with van der Waals surface area (Å²) in [7, 11) is 0. The van der Waals surface area contributed by atoms with Gasteiger partial charge in [-0.2, -0.15) is 0 Å². The van der Waals surface area contributed by atoms with Gasteiger partial charge < -0.3 is 10.6 Å². The lowest BCUT2D eigenvalue weighted by Gasteiger charge is -2.23. The summed E-state index contributed by atoms with van der Waals surface area (Å²) in [6.07, 6.45) is 6.29. The third-order valence-electron chi connectivity index (χ3n) is 3.83. The molecule has 2 aliphatic rings. The number of nitrogens with one attached hydrogen (secondary N) is 2. The van der Waals surface area contributed by atoms with Gasteiger partial charge in [-0.05, 0) is 25.0 Å². The Bertz CT molecular complexity index is 511. The molecule has 1 aromatic rings. The van der Waals surface area contributed by atoms with Gasteiger partial charge in [-0.15, -0.1) is 0 Å². The standard InChI is InChI=1S/C15H17FN2O/c16-11-5-3-4-10(8-11)14(19)9-15-17-12-6-1-2-7-13(12)18-15/h3-5,8-9,12-13,17-18H,1-2,6-7H2/t12-,13-/m1/s1. The van der Waals surface area contributed by atoms with E-state index >= 15 is 0 Å². The average Bonchev–Trinajstić information content (AvgIpc) is 2.80. The molecule has 1 aliphatic carbocycles. The van der Waals surface area contributed by atoms with Crippen LogP contribution in [0.2, 0.25) is 0 Å². The molecule has 19 heavy (non-hydrogen) atoms. The lowest BCUT2D eigenvalue weighted by Crippen LogP contribution is -2.36. The molecule has 4 heteroatoms. The normalized spacial score (nSPS) is 25.2. The average molecular weight is 260 g/mol. The Morgan fingerprint density at radius 1 is 1.21 bits per heavy atom. The Kier molecular flexibility index (Phi) is 3.23. The van der Waals surface area contributed by atoms with Crippen LogP contribution in [-0.2, 0) is 0 Å². The second-order valence-corrected chi connectivity index (χ2v) is 5.22. The van der Waals surface area contributed by atoms with Crippen molar-refractivity contribution in [2.75, 3.05) is 0 Å². The molecule has 1 heterocycles. The summed E-state index contributed by atoms with van der Waals surface area (Å²) in [5.74, 6) is 0.213. The molecule has 0 unspecified atom stereocenters. The van der Waals surface area contributed by atoms with Gasteiger partial charge in [0.25, 0.3) is 0 Å². The van der Waals surface area contributed by atoms with Crippen LogP contribution >= 0.6 is 0 Å². The van der Waals surface area contributed by atoms with E-state index in [1.54, 1.807) is 12.1 Å². The predicted octanol–water partition coefficient (Wildman–Crippen LogP) is 2.35. The molecule has 1 saturated carbocycles. The molecule has 100 valence electrons. The fraction of sp³-hybridized carbons (Fsp3) is 0.400. The van der Waals surface area contributed by atoms with E-state index in [0.29, 0.717) is 17.6 Å². The maximum atomic E-state index is 13.1. The van der Waals surface area contributed by atoms with Crippen LogP contribution in [0.4, 0.5) is 4.39 Å². The molecule has 2 fully saturated rings. The lowest BCUT2D eigenvalue weighted by atomic mass is 9.92. The number of ketones is 1. The highest BCUT2D eigenvalue weighted by Gasteiger charge is 2.31. The first-order chi connectivity index (χ1) is 9.22. The quantitative estimate of drug-likeness (QED) is 0.633. The smallest absolute Gasteiger partial charge is 0.189 e. The lowest BCUT2D eigenvalue weighted by molar-refractivity contribution is 0.104. The van der Waals surface area contributed by atoms with Crippen molar-refractivity contribution in [3.05, 3.63) is 47.5 Å². The number of carbonyl (C=O) groups excluding carboxylic acids is 1. The van der Waals surface area contributed by atoms with Gasteiger partial charge in [0.1, 0.15) is 11.6 Å². The highest BCUT2D eigenvalue weighted by atomic mass is 19.1. The third kappa shape index (κ3) is 2.62. The van der Waals surface area contributed by atoms with Gasteiger partial charge in [-0.3, -0.25) is 4.79 Å². The van der Waals surface area contributed by atoms with Gasteiger partial charge in [0.2, 0.25) is 0 Å². The van der Waals surface area contributed by atoms with Crippen molar-refractivity contribution in [2.24, 2.45) is 0 Å². The Labute approximate surface area is 111 Å². The molecular weight excluding hydrogens is 243 g/mol. The first-order valence-electron chi connectivity index (χ1n) is 6.77. The highest BCUT2D eigenvalue weighted by Crippen LogP contribution is 2.23. The number of fused-ring (bicyclic) bond motifs is 1. The molecule has 2 atom stereocenters. The predicted molar refractivity (Wildman–Crippen MR) is 71.1 cm³/mol. The van der Waals surface area contributed by atoms with Crippen LogP contribution in [0.15, 0.2) is 36.2 Å². The molecule has 1 aromatic carbocycles. The van der Waals surface area contributed by atoms with Gasteiger partial charge >= 0.3 is 0 Å². The van der Waals surface area contributed by atoms with Crippen molar-refractivity contribution in [3.63, 3.8) is 0 Å². The minimum atomic E-state index is -0.384. The van der Waals surface area contributed by atoms with Crippen LogP contribution in [0, 0.1) is 5.82 Å². The van der Waals surface area contributed by atoms with Gasteiger partial charge in [0.05, 0.1) is 0 Å². The molecular formula is C15H17FN2O. The summed E-state index contributed by atoms with van der Waals surface area (Å²) in [5, 5.41) is 6.69. The monoisotopic (exact) mass is 260 g/mol. The maximum Gasteiger partial charge on any atom is 0.189 e. The SMILES string of the molecule is O=C(C=C1N[C@@H]2CCCC[C@H]2N1)c1cccc(F)c1. The minimum Gasteiger partial charge on any atom is -0.367 e. The summed E-state index contributed by atoms with van der Waals surface area (Å²) in [5.41, 5.74) is 0.381. The summed E-state index contributed by atoms with van der Waals surface area (Å²) >= 11 is 0. The molecule has 0 bridgehead atoms. The van der Waals surface area contributed by atoms with Crippen molar-refractivity contribution in [3.8, 4) is 0 Å². The van der Waals surface area contributed by atoms with E-state index < -0.39 is 0 Å². The first-order valence-corrected chi connectivity index (χ1v) is 6.77. The van der Waals surface area contributed by atoms with Crippen LogP contribution in [-0.4, -0.2) is 17.9 Å². The van der Waals surface area contributed by atoms with Crippen LogP contribution in [0.3, 0.4) is 0 Å². The van der Waals surface area contributed by atoms with Crippen molar-refractivity contribution < 1.29 is 9.18 Å². The third-order valence-corrected chi connectivity index (χ3v) is 3.83. The zero-order valence-electron chi connectivity index (χ0n) is 10.7. The fourth-order valence-electron chi connectivity index (χ4n) is 2.86. The molecule has 0 radical (unpaired) electrons. The summed E-state index contributed by atoms with van der Waals surface area (Å²) in [4.78, 5) is 12.0. The van der Waals surface area contributed by atoms with Crippen molar-refractivity contribution in [1.82, 2.24) is 10.6 Å². The van der Waals surface area contributed by atoms with Gasteiger partial charge in [0.15, 0.2) is 5.78 Å². The molecule has 0 amide bonds. The van der Waals surface area contributed by atoms with E-state index in [4.69, 9.17) is 0 Å². The minimum absolute atomic E-state index is 0.173.